The third-order valence-electron chi connectivity index (χ3n) is 3.17. The standard InChI is InChI=1S/C13H20N2O2/c1-9-6-7-14-13(12(9)16-3)17-11-5-4-10(2)15-8-11/h6-7,10-11,15H,4-5,8H2,1-3H3. The predicted molar refractivity (Wildman–Crippen MR) is 66.6 cm³/mol. The van der Waals surface area contributed by atoms with Crippen molar-refractivity contribution in [1.82, 2.24) is 10.3 Å². The van der Waals surface area contributed by atoms with Gasteiger partial charge in [-0.2, -0.15) is 0 Å². The van der Waals surface area contributed by atoms with Crippen LogP contribution in [0.5, 0.6) is 11.6 Å². The minimum absolute atomic E-state index is 0.189. The van der Waals surface area contributed by atoms with Gasteiger partial charge < -0.3 is 14.8 Å². The Hall–Kier alpha value is -1.29. The number of aromatic nitrogens is 1. The Kier molecular flexibility index (Phi) is 3.84. The first-order chi connectivity index (χ1) is 8.20. The average molecular weight is 236 g/mol. The molecular weight excluding hydrogens is 216 g/mol. The van der Waals surface area contributed by atoms with Crippen LogP contribution >= 0.6 is 0 Å². The molecule has 2 heterocycles. The number of methoxy groups -OCH3 is 1. The molecule has 0 amide bonds. The predicted octanol–water partition coefficient (Wildman–Crippen LogP) is 1.92. The molecule has 1 aliphatic rings. The fourth-order valence-electron chi connectivity index (χ4n) is 2.08. The maximum atomic E-state index is 5.91. The second-order valence-corrected chi connectivity index (χ2v) is 4.59. The molecule has 2 unspecified atom stereocenters. The molecule has 0 aromatic carbocycles. The number of nitrogens with one attached hydrogen (secondary N) is 1. The summed E-state index contributed by atoms with van der Waals surface area (Å²) in [6.45, 7) is 5.07. The number of aryl methyl sites for hydroxylation is 1. The van der Waals surface area contributed by atoms with Gasteiger partial charge in [-0.25, -0.2) is 4.98 Å². The molecule has 0 aliphatic carbocycles. The second-order valence-electron chi connectivity index (χ2n) is 4.59. The van der Waals surface area contributed by atoms with Crippen molar-refractivity contribution >= 4 is 0 Å². The molecule has 4 nitrogen and oxygen atoms in total. The first-order valence-electron chi connectivity index (χ1n) is 6.10. The van der Waals surface area contributed by atoms with Crippen LogP contribution in [0.25, 0.3) is 0 Å². The number of hydrogen-bond acceptors (Lipinski definition) is 4. The van der Waals surface area contributed by atoms with Gasteiger partial charge in [0.25, 0.3) is 5.88 Å². The van der Waals surface area contributed by atoms with Gasteiger partial charge in [0.2, 0.25) is 0 Å². The summed E-state index contributed by atoms with van der Waals surface area (Å²) in [6.07, 6.45) is 4.15. The van der Waals surface area contributed by atoms with Gasteiger partial charge in [0.15, 0.2) is 5.75 Å². The number of piperidine rings is 1. The van der Waals surface area contributed by atoms with Crippen molar-refractivity contribution in [3.05, 3.63) is 17.8 Å². The minimum atomic E-state index is 0.189. The topological polar surface area (TPSA) is 43.4 Å². The lowest BCUT2D eigenvalue weighted by Crippen LogP contribution is -2.42. The molecule has 2 rings (SSSR count). The van der Waals surface area contributed by atoms with Crippen molar-refractivity contribution in [1.29, 1.82) is 0 Å². The van der Waals surface area contributed by atoms with E-state index in [2.05, 4.69) is 17.2 Å². The zero-order valence-corrected chi connectivity index (χ0v) is 10.7. The molecule has 0 saturated carbocycles. The SMILES string of the molecule is COc1c(C)ccnc1OC1CCC(C)NC1. The van der Waals surface area contributed by atoms with Crippen molar-refractivity contribution in [3.8, 4) is 11.6 Å². The molecule has 0 radical (unpaired) electrons. The molecule has 1 saturated heterocycles. The molecule has 4 heteroatoms. The summed E-state index contributed by atoms with van der Waals surface area (Å²) in [7, 11) is 1.65. The molecule has 1 aromatic heterocycles. The van der Waals surface area contributed by atoms with Gasteiger partial charge in [0, 0.05) is 18.8 Å². The normalized spacial score (nSPS) is 24.4. The Bertz CT molecular complexity index is 374. The van der Waals surface area contributed by atoms with Crippen LogP contribution in [0, 0.1) is 6.92 Å². The third-order valence-corrected chi connectivity index (χ3v) is 3.17. The Morgan fingerprint density at radius 2 is 2.24 bits per heavy atom. The highest BCUT2D eigenvalue weighted by atomic mass is 16.5. The zero-order chi connectivity index (χ0) is 12.3. The van der Waals surface area contributed by atoms with E-state index in [0.29, 0.717) is 11.9 Å². The zero-order valence-electron chi connectivity index (χ0n) is 10.7. The fourth-order valence-corrected chi connectivity index (χ4v) is 2.08. The van der Waals surface area contributed by atoms with Gasteiger partial charge in [0.1, 0.15) is 6.10 Å². The summed E-state index contributed by atoms with van der Waals surface area (Å²) in [5.41, 5.74) is 1.05. The highest BCUT2D eigenvalue weighted by Gasteiger charge is 2.21. The minimum Gasteiger partial charge on any atom is -0.491 e. The van der Waals surface area contributed by atoms with Gasteiger partial charge in [-0.3, -0.25) is 0 Å². The summed E-state index contributed by atoms with van der Waals surface area (Å²) in [5, 5.41) is 3.41. The van der Waals surface area contributed by atoms with Crippen LogP contribution in [0.1, 0.15) is 25.3 Å². The first-order valence-corrected chi connectivity index (χ1v) is 6.10. The van der Waals surface area contributed by atoms with Gasteiger partial charge in [-0.1, -0.05) is 0 Å². The van der Waals surface area contributed by atoms with E-state index in [1.165, 1.54) is 0 Å². The third kappa shape index (κ3) is 2.88. The van der Waals surface area contributed by atoms with Crippen LogP contribution < -0.4 is 14.8 Å². The van der Waals surface area contributed by atoms with Crippen molar-refractivity contribution in [2.45, 2.75) is 38.8 Å². The van der Waals surface area contributed by atoms with Gasteiger partial charge in [0.05, 0.1) is 7.11 Å². The van der Waals surface area contributed by atoms with E-state index in [4.69, 9.17) is 9.47 Å². The van der Waals surface area contributed by atoms with Crippen LogP contribution in [0.2, 0.25) is 0 Å². The molecule has 2 atom stereocenters. The van der Waals surface area contributed by atoms with E-state index < -0.39 is 0 Å². The Balaban J connectivity index is 2.05. The van der Waals surface area contributed by atoms with Crippen molar-refractivity contribution in [2.75, 3.05) is 13.7 Å². The molecule has 1 aliphatic heterocycles. The molecule has 17 heavy (non-hydrogen) atoms. The van der Waals surface area contributed by atoms with Crippen molar-refractivity contribution < 1.29 is 9.47 Å². The van der Waals surface area contributed by atoms with E-state index in [9.17, 15) is 0 Å². The number of rotatable bonds is 3. The molecule has 0 bridgehead atoms. The molecular formula is C13H20N2O2. The second kappa shape index (κ2) is 5.36. The van der Waals surface area contributed by atoms with Crippen LogP contribution in [-0.4, -0.2) is 30.8 Å². The highest BCUT2D eigenvalue weighted by molar-refractivity contribution is 5.40. The summed E-state index contributed by atoms with van der Waals surface area (Å²) in [6, 6.07) is 2.51. The van der Waals surface area contributed by atoms with Crippen LogP contribution in [0.4, 0.5) is 0 Å². The summed E-state index contributed by atoms with van der Waals surface area (Å²) in [5.74, 6) is 1.35. The number of pyridine rings is 1. The molecule has 94 valence electrons. The highest BCUT2D eigenvalue weighted by Crippen LogP contribution is 2.29. The lowest BCUT2D eigenvalue weighted by molar-refractivity contribution is 0.141. The Morgan fingerprint density at radius 1 is 1.41 bits per heavy atom. The maximum absolute atomic E-state index is 5.91. The van der Waals surface area contributed by atoms with Gasteiger partial charge >= 0.3 is 0 Å². The molecule has 1 N–H and O–H groups in total. The number of ether oxygens (including phenoxy) is 2. The van der Waals surface area contributed by atoms with Crippen molar-refractivity contribution in [3.63, 3.8) is 0 Å². The van der Waals surface area contributed by atoms with Gasteiger partial charge in [-0.15, -0.1) is 0 Å². The van der Waals surface area contributed by atoms with E-state index in [1.54, 1.807) is 13.3 Å². The number of nitrogens with zero attached hydrogens (tertiary/aromatic N) is 1. The van der Waals surface area contributed by atoms with Crippen LogP contribution in [-0.2, 0) is 0 Å². The molecule has 0 spiro atoms. The average Bonchev–Trinajstić information content (AvgIpc) is 2.32. The van der Waals surface area contributed by atoms with E-state index in [-0.39, 0.29) is 6.10 Å². The summed E-state index contributed by atoms with van der Waals surface area (Å²) in [4.78, 5) is 4.25. The monoisotopic (exact) mass is 236 g/mol. The lowest BCUT2D eigenvalue weighted by Gasteiger charge is -2.28. The van der Waals surface area contributed by atoms with E-state index >= 15 is 0 Å². The van der Waals surface area contributed by atoms with E-state index in [0.717, 1.165) is 30.7 Å². The molecule has 1 fully saturated rings. The van der Waals surface area contributed by atoms with E-state index in [1.807, 2.05) is 13.0 Å². The van der Waals surface area contributed by atoms with Crippen LogP contribution in [0.3, 0.4) is 0 Å². The smallest absolute Gasteiger partial charge is 0.257 e. The summed E-state index contributed by atoms with van der Waals surface area (Å²) < 4.78 is 11.2. The largest absolute Gasteiger partial charge is 0.491 e. The number of hydrogen-bond donors (Lipinski definition) is 1. The Morgan fingerprint density at radius 3 is 2.88 bits per heavy atom. The Labute approximate surface area is 102 Å². The quantitative estimate of drug-likeness (QED) is 0.870. The first kappa shape index (κ1) is 12.2. The lowest BCUT2D eigenvalue weighted by atomic mass is 10.0. The van der Waals surface area contributed by atoms with Gasteiger partial charge in [-0.05, 0) is 38.3 Å². The molecule has 1 aromatic rings. The fraction of sp³-hybridized carbons (Fsp3) is 0.615. The summed E-state index contributed by atoms with van der Waals surface area (Å²) >= 11 is 0. The van der Waals surface area contributed by atoms with Crippen LogP contribution in [0.15, 0.2) is 12.3 Å². The van der Waals surface area contributed by atoms with Crippen molar-refractivity contribution in [2.24, 2.45) is 0 Å². The maximum Gasteiger partial charge on any atom is 0.257 e.